The Morgan fingerprint density at radius 3 is 2.93 bits per heavy atom. The van der Waals surface area contributed by atoms with Gasteiger partial charge in [0.1, 0.15) is 18.8 Å². The molecule has 1 N–H and O–H groups in total. The summed E-state index contributed by atoms with van der Waals surface area (Å²) in [5.74, 6) is -0.466. The molecular formula is C18H22IN3O6. The Labute approximate surface area is 178 Å². The van der Waals surface area contributed by atoms with Gasteiger partial charge in [-0.15, -0.1) is 0 Å². The Morgan fingerprint density at radius 2 is 2.18 bits per heavy atom. The molecule has 0 spiro atoms. The van der Waals surface area contributed by atoms with E-state index >= 15 is 0 Å². The summed E-state index contributed by atoms with van der Waals surface area (Å²) in [7, 11) is 1.82. The SMILES string of the molecule is Cc1cn([C@H]2CC[C@@H](COCOC(=O)c3ccc[n+](C)c3)O2)c(=O)[nH]c1=O.[I-]. The molecular weight excluding hydrogens is 481 g/mol. The summed E-state index contributed by atoms with van der Waals surface area (Å²) in [5, 5.41) is 0. The zero-order chi connectivity index (χ0) is 19.4. The van der Waals surface area contributed by atoms with Crippen molar-refractivity contribution in [3.8, 4) is 0 Å². The van der Waals surface area contributed by atoms with Crippen molar-refractivity contribution in [1.82, 2.24) is 9.55 Å². The first-order valence-corrected chi connectivity index (χ1v) is 8.61. The fraction of sp³-hybridized carbons (Fsp3) is 0.444. The maximum absolute atomic E-state index is 11.9. The van der Waals surface area contributed by atoms with Crippen molar-refractivity contribution in [3.63, 3.8) is 0 Å². The highest BCUT2D eigenvalue weighted by atomic mass is 127. The molecule has 0 aliphatic carbocycles. The Hall–Kier alpha value is -2.05. The van der Waals surface area contributed by atoms with Gasteiger partial charge in [-0.1, -0.05) is 0 Å². The number of carbonyl (C=O) groups is 1. The lowest BCUT2D eigenvalue weighted by Crippen LogP contribution is -3.00. The first kappa shape index (κ1) is 22.2. The van der Waals surface area contributed by atoms with Crippen molar-refractivity contribution in [2.45, 2.75) is 32.1 Å². The maximum Gasteiger partial charge on any atom is 0.346 e. The van der Waals surface area contributed by atoms with E-state index in [4.69, 9.17) is 14.2 Å². The zero-order valence-electron chi connectivity index (χ0n) is 15.6. The van der Waals surface area contributed by atoms with Crippen LogP contribution in [0.1, 0.15) is 35.0 Å². The molecule has 1 aliphatic heterocycles. The van der Waals surface area contributed by atoms with Gasteiger partial charge in [0.15, 0.2) is 19.2 Å². The molecule has 0 amide bonds. The van der Waals surface area contributed by atoms with Gasteiger partial charge in [-0.3, -0.25) is 14.3 Å². The molecule has 3 heterocycles. The van der Waals surface area contributed by atoms with E-state index in [1.54, 1.807) is 29.8 Å². The maximum atomic E-state index is 11.9. The van der Waals surface area contributed by atoms with Crippen molar-refractivity contribution in [1.29, 1.82) is 0 Å². The molecule has 28 heavy (non-hydrogen) atoms. The number of aromatic amines is 1. The molecule has 2 aromatic heterocycles. The molecule has 3 rings (SSSR count). The average molecular weight is 503 g/mol. The third-order valence-electron chi connectivity index (χ3n) is 4.29. The van der Waals surface area contributed by atoms with Crippen LogP contribution in [0, 0.1) is 6.92 Å². The first-order chi connectivity index (χ1) is 12.9. The Morgan fingerprint density at radius 1 is 1.39 bits per heavy atom. The van der Waals surface area contributed by atoms with Crippen LogP contribution in [0.4, 0.5) is 0 Å². The van der Waals surface area contributed by atoms with Crippen molar-refractivity contribution >= 4 is 5.97 Å². The van der Waals surface area contributed by atoms with Gasteiger partial charge in [0.2, 0.25) is 0 Å². The molecule has 10 heteroatoms. The van der Waals surface area contributed by atoms with E-state index in [0.717, 1.165) is 0 Å². The number of hydrogen-bond donors (Lipinski definition) is 1. The van der Waals surface area contributed by atoms with Crippen molar-refractivity contribution in [2.75, 3.05) is 13.4 Å². The van der Waals surface area contributed by atoms with Gasteiger partial charge in [-0.2, -0.15) is 0 Å². The Balaban J connectivity index is 0.00000280. The number of halogens is 1. The van der Waals surface area contributed by atoms with Gasteiger partial charge in [0.25, 0.3) is 5.56 Å². The number of pyridine rings is 1. The molecule has 0 radical (unpaired) electrons. The highest BCUT2D eigenvalue weighted by Crippen LogP contribution is 2.27. The van der Waals surface area contributed by atoms with Gasteiger partial charge in [0, 0.05) is 17.8 Å². The molecule has 0 aromatic carbocycles. The molecule has 0 saturated carbocycles. The predicted octanol–water partition coefficient (Wildman–Crippen LogP) is -2.82. The molecule has 2 aromatic rings. The lowest BCUT2D eigenvalue weighted by Gasteiger charge is -2.16. The highest BCUT2D eigenvalue weighted by molar-refractivity contribution is 5.88. The number of ether oxygens (including phenoxy) is 3. The van der Waals surface area contributed by atoms with Gasteiger partial charge < -0.3 is 38.2 Å². The molecule has 1 fully saturated rings. The third-order valence-corrected chi connectivity index (χ3v) is 4.29. The fourth-order valence-electron chi connectivity index (χ4n) is 2.88. The van der Waals surface area contributed by atoms with Gasteiger partial charge >= 0.3 is 11.7 Å². The standard InChI is InChI=1S/C18H21N3O6.HI/c1-12-8-21(18(24)19-16(12)22)15-6-5-14(27-15)10-25-11-26-17(23)13-4-3-7-20(2)9-13;/h3-4,7-9,14-15H,5-6,10-11H2,1-2H3;1H/t14-,15+;/m0./s1. The minimum Gasteiger partial charge on any atom is -1.00 e. The van der Waals surface area contributed by atoms with E-state index in [0.29, 0.717) is 24.0 Å². The number of aryl methyl sites for hydroxylation is 2. The first-order valence-electron chi connectivity index (χ1n) is 8.61. The van der Waals surface area contributed by atoms with E-state index in [2.05, 4.69) is 4.98 Å². The second-order valence-electron chi connectivity index (χ2n) is 6.45. The molecule has 2 atom stereocenters. The number of esters is 1. The molecule has 152 valence electrons. The van der Waals surface area contributed by atoms with Gasteiger partial charge in [0.05, 0.1) is 12.7 Å². The second-order valence-corrected chi connectivity index (χ2v) is 6.45. The van der Waals surface area contributed by atoms with Gasteiger partial charge in [-0.25, -0.2) is 14.2 Å². The van der Waals surface area contributed by atoms with Crippen LogP contribution in [0.5, 0.6) is 0 Å². The number of carbonyl (C=O) groups excluding carboxylic acids is 1. The van der Waals surface area contributed by atoms with Gasteiger partial charge in [-0.05, 0) is 25.8 Å². The smallest absolute Gasteiger partial charge is 0.346 e. The molecule has 0 unspecified atom stereocenters. The minimum atomic E-state index is -0.498. The van der Waals surface area contributed by atoms with E-state index in [-0.39, 0.29) is 43.5 Å². The van der Waals surface area contributed by atoms with E-state index in [1.165, 1.54) is 10.8 Å². The lowest BCUT2D eigenvalue weighted by atomic mass is 10.2. The van der Waals surface area contributed by atoms with E-state index < -0.39 is 23.4 Å². The third kappa shape index (κ3) is 5.49. The topological polar surface area (TPSA) is 104 Å². The molecule has 0 bridgehead atoms. The summed E-state index contributed by atoms with van der Waals surface area (Å²) < 4.78 is 19.4. The summed E-state index contributed by atoms with van der Waals surface area (Å²) >= 11 is 0. The van der Waals surface area contributed by atoms with Crippen LogP contribution in [0.3, 0.4) is 0 Å². The number of hydrogen-bond acceptors (Lipinski definition) is 6. The van der Waals surface area contributed by atoms with Crippen molar-refractivity contribution in [3.05, 3.63) is 62.7 Å². The van der Waals surface area contributed by atoms with Crippen LogP contribution >= 0.6 is 0 Å². The quantitative estimate of drug-likeness (QED) is 0.150. The second kappa shape index (κ2) is 9.94. The van der Waals surface area contributed by atoms with E-state index in [1.807, 2.05) is 13.2 Å². The monoisotopic (exact) mass is 503 g/mol. The highest BCUT2D eigenvalue weighted by Gasteiger charge is 2.27. The predicted molar refractivity (Wildman–Crippen MR) is 93.1 cm³/mol. The molecule has 9 nitrogen and oxygen atoms in total. The van der Waals surface area contributed by atoms with Crippen LogP contribution in [0.2, 0.25) is 0 Å². The summed E-state index contributed by atoms with van der Waals surface area (Å²) in [6.45, 7) is 1.69. The molecule has 1 saturated heterocycles. The molecule has 1 aliphatic rings. The van der Waals surface area contributed by atoms with Crippen LogP contribution < -0.4 is 39.8 Å². The summed E-state index contributed by atoms with van der Waals surface area (Å²) in [6.07, 6.45) is 5.62. The normalized spacial score (nSPS) is 18.5. The van der Waals surface area contributed by atoms with Crippen LogP contribution in [0.25, 0.3) is 0 Å². The van der Waals surface area contributed by atoms with Crippen molar-refractivity contribution in [2.24, 2.45) is 7.05 Å². The Bertz CT molecular complexity index is 941. The van der Waals surface area contributed by atoms with Crippen LogP contribution in [-0.4, -0.2) is 35.0 Å². The number of nitrogens with zero attached hydrogens (tertiary/aromatic N) is 2. The van der Waals surface area contributed by atoms with Crippen LogP contribution in [-0.2, 0) is 21.3 Å². The summed E-state index contributed by atoms with van der Waals surface area (Å²) in [4.78, 5) is 37.5. The van der Waals surface area contributed by atoms with Crippen LogP contribution in [0.15, 0.2) is 40.3 Å². The summed E-state index contributed by atoms with van der Waals surface area (Å²) in [5.41, 5.74) is -0.0159. The van der Waals surface area contributed by atoms with E-state index in [9.17, 15) is 14.4 Å². The number of nitrogens with one attached hydrogen (secondary N) is 1. The van der Waals surface area contributed by atoms with Crippen molar-refractivity contribution < 1.29 is 47.5 Å². The number of H-pyrrole nitrogens is 1. The fourth-order valence-corrected chi connectivity index (χ4v) is 2.88. The zero-order valence-corrected chi connectivity index (χ0v) is 17.7. The minimum absolute atomic E-state index is 0. The largest absolute Gasteiger partial charge is 1.00 e. The lowest BCUT2D eigenvalue weighted by molar-refractivity contribution is -0.671. The Kier molecular flexibility index (Phi) is 7.89. The number of aromatic nitrogens is 3. The number of rotatable bonds is 6. The average Bonchev–Trinajstić information content (AvgIpc) is 3.10. The summed E-state index contributed by atoms with van der Waals surface area (Å²) in [6, 6.07) is 3.42.